The number of hydrogen-bond acceptors (Lipinski definition) is 3. The molecule has 4 heteroatoms. The predicted octanol–water partition coefficient (Wildman–Crippen LogP) is 4.45. The lowest BCUT2D eigenvalue weighted by molar-refractivity contribution is 0.698. The molecule has 19 heavy (non-hydrogen) atoms. The van der Waals surface area contributed by atoms with E-state index in [-0.39, 0.29) is 6.04 Å². The van der Waals surface area contributed by atoms with Crippen molar-refractivity contribution in [1.29, 1.82) is 0 Å². The first kappa shape index (κ1) is 14.4. The summed E-state index contributed by atoms with van der Waals surface area (Å²) in [6, 6.07) is 12.6. The van der Waals surface area contributed by atoms with E-state index in [4.69, 9.17) is 17.3 Å². The van der Waals surface area contributed by atoms with Gasteiger partial charge in [0.05, 0.1) is 10.9 Å². The van der Waals surface area contributed by atoms with Gasteiger partial charge in [-0.1, -0.05) is 30.7 Å². The van der Waals surface area contributed by atoms with Crippen LogP contribution in [-0.4, -0.2) is 7.05 Å². The van der Waals surface area contributed by atoms with Crippen molar-refractivity contribution >= 4 is 28.6 Å². The highest BCUT2D eigenvalue weighted by molar-refractivity contribution is 7.16. The first-order chi connectivity index (χ1) is 9.10. The van der Waals surface area contributed by atoms with Crippen LogP contribution >= 0.6 is 22.9 Å². The molecule has 1 aromatic heterocycles. The summed E-state index contributed by atoms with van der Waals surface area (Å²) < 4.78 is 0.840. The van der Waals surface area contributed by atoms with E-state index in [1.807, 2.05) is 6.07 Å². The molecular formula is C15H19ClN2S. The second-order valence-electron chi connectivity index (χ2n) is 4.67. The van der Waals surface area contributed by atoms with Crippen LogP contribution in [0.3, 0.4) is 0 Å². The van der Waals surface area contributed by atoms with Crippen LogP contribution < -0.4 is 10.6 Å². The van der Waals surface area contributed by atoms with Crippen LogP contribution in [0.25, 0.3) is 0 Å². The number of nitrogens with two attached hydrogens (primary N) is 1. The Kier molecular flexibility index (Phi) is 4.86. The molecule has 0 aliphatic rings. The second-order valence-corrected chi connectivity index (χ2v) is 6.47. The molecule has 0 saturated heterocycles. The van der Waals surface area contributed by atoms with Crippen LogP contribution in [0.4, 0.5) is 5.69 Å². The maximum absolute atomic E-state index is 6.02. The van der Waals surface area contributed by atoms with Crippen LogP contribution in [0.1, 0.15) is 29.8 Å². The van der Waals surface area contributed by atoms with Gasteiger partial charge in [-0.2, -0.15) is 0 Å². The quantitative estimate of drug-likeness (QED) is 0.883. The summed E-state index contributed by atoms with van der Waals surface area (Å²) in [7, 11) is 2.09. The minimum atomic E-state index is 0.135. The van der Waals surface area contributed by atoms with Gasteiger partial charge in [-0.3, -0.25) is 0 Å². The third-order valence-corrected chi connectivity index (χ3v) is 4.44. The van der Waals surface area contributed by atoms with Crippen molar-refractivity contribution in [3.05, 3.63) is 51.2 Å². The SMILES string of the molecule is CCC(N)c1ccc(N(C)Cc2ccc(Cl)s2)cc1. The van der Waals surface area contributed by atoms with Gasteiger partial charge in [0.15, 0.2) is 0 Å². The summed E-state index contributed by atoms with van der Waals surface area (Å²) in [6.07, 6.45) is 0.961. The van der Waals surface area contributed by atoms with Crippen LogP contribution in [0, 0.1) is 0 Å². The lowest BCUT2D eigenvalue weighted by atomic mass is 10.1. The van der Waals surface area contributed by atoms with E-state index in [0.29, 0.717) is 0 Å². The monoisotopic (exact) mass is 294 g/mol. The molecule has 0 aliphatic carbocycles. The molecule has 0 bridgehead atoms. The van der Waals surface area contributed by atoms with Crippen molar-refractivity contribution in [2.75, 3.05) is 11.9 Å². The van der Waals surface area contributed by atoms with E-state index in [2.05, 4.69) is 49.2 Å². The van der Waals surface area contributed by atoms with Gasteiger partial charge in [-0.05, 0) is 36.2 Å². The predicted molar refractivity (Wildman–Crippen MR) is 85.1 cm³/mol. The molecular weight excluding hydrogens is 276 g/mol. The van der Waals surface area contributed by atoms with Gasteiger partial charge in [-0.25, -0.2) is 0 Å². The van der Waals surface area contributed by atoms with Gasteiger partial charge in [0, 0.05) is 23.7 Å². The van der Waals surface area contributed by atoms with Crippen LogP contribution in [-0.2, 0) is 6.54 Å². The van der Waals surface area contributed by atoms with Crippen molar-refractivity contribution in [3.63, 3.8) is 0 Å². The van der Waals surface area contributed by atoms with Crippen molar-refractivity contribution in [2.45, 2.75) is 25.9 Å². The lowest BCUT2D eigenvalue weighted by Gasteiger charge is -2.19. The first-order valence-electron chi connectivity index (χ1n) is 6.41. The van der Waals surface area contributed by atoms with E-state index in [0.717, 1.165) is 17.3 Å². The van der Waals surface area contributed by atoms with Crippen molar-refractivity contribution in [3.8, 4) is 0 Å². The fraction of sp³-hybridized carbons (Fsp3) is 0.333. The molecule has 2 nitrogen and oxygen atoms in total. The molecule has 0 spiro atoms. The molecule has 102 valence electrons. The van der Waals surface area contributed by atoms with Crippen molar-refractivity contribution < 1.29 is 0 Å². The molecule has 1 aromatic carbocycles. The highest BCUT2D eigenvalue weighted by atomic mass is 35.5. The second kappa shape index (κ2) is 6.42. The molecule has 0 fully saturated rings. The van der Waals surface area contributed by atoms with E-state index in [1.165, 1.54) is 16.1 Å². The van der Waals surface area contributed by atoms with Crippen molar-refractivity contribution in [2.24, 2.45) is 5.73 Å². The molecule has 2 aromatic rings. The van der Waals surface area contributed by atoms with E-state index >= 15 is 0 Å². The summed E-state index contributed by atoms with van der Waals surface area (Å²) >= 11 is 7.57. The summed E-state index contributed by atoms with van der Waals surface area (Å²) in [5.41, 5.74) is 8.40. The largest absolute Gasteiger partial charge is 0.369 e. The van der Waals surface area contributed by atoms with Gasteiger partial charge >= 0.3 is 0 Å². The summed E-state index contributed by atoms with van der Waals surface area (Å²) in [5.74, 6) is 0. The number of hydrogen-bond donors (Lipinski definition) is 1. The molecule has 1 atom stereocenters. The Hall–Kier alpha value is -1.03. The summed E-state index contributed by atoms with van der Waals surface area (Å²) in [5, 5.41) is 0. The normalized spacial score (nSPS) is 12.4. The third kappa shape index (κ3) is 3.72. The molecule has 0 amide bonds. The van der Waals surface area contributed by atoms with Crippen LogP contribution in [0.15, 0.2) is 36.4 Å². The standard InChI is InChI=1S/C15H19ClN2S/c1-3-14(17)11-4-6-12(7-5-11)18(2)10-13-8-9-15(16)19-13/h4-9,14H,3,10,17H2,1-2H3. The molecule has 1 unspecified atom stereocenters. The fourth-order valence-electron chi connectivity index (χ4n) is 1.97. The Morgan fingerprint density at radius 2 is 1.89 bits per heavy atom. The zero-order valence-electron chi connectivity index (χ0n) is 11.3. The number of halogens is 1. The number of nitrogens with zero attached hydrogens (tertiary/aromatic N) is 1. The molecule has 1 heterocycles. The molecule has 2 N–H and O–H groups in total. The zero-order chi connectivity index (χ0) is 13.8. The fourth-order valence-corrected chi connectivity index (χ4v) is 3.11. The molecule has 2 rings (SSSR count). The molecule has 0 aliphatic heterocycles. The highest BCUT2D eigenvalue weighted by Gasteiger charge is 2.06. The van der Waals surface area contributed by atoms with Gasteiger partial charge in [0.25, 0.3) is 0 Å². The number of rotatable bonds is 5. The summed E-state index contributed by atoms with van der Waals surface area (Å²) in [4.78, 5) is 3.48. The number of benzene rings is 1. The maximum Gasteiger partial charge on any atom is 0.0931 e. The Morgan fingerprint density at radius 3 is 2.42 bits per heavy atom. The highest BCUT2D eigenvalue weighted by Crippen LogP contribution is 2.25. The minimum absolute atomic E-state index is 0.135. The smallest absolute Gasteiger partial charge is 0.0931 e. The summed E-state index contributed by atoms with van der Waals surface area (Å²) in [6.45, 7) is 2.97. The first-order valence-corrected chi connectivity index (χ1v) is 7.60. The average molecular weight is 295 g/mol. The maximum atomic E-state index is 6.02. The number of thiophene rings is 1. The Bertz CT molecular complexity index is 521. The topological polar surface area (TPSA) is 29.3 Å². The van der Waals surface area contributed by atoms with Gasteiger partial charge in [-0.15, -0.1) is 11.3 Å². The Labute approximate surface area is 123 Å². The van der Waals surface area contributed by atoms with E-state index in [9.17, 15) is 0 Å². The van der Waals surface area contributed by atoms with E-state index < -0.39 is 0 Å². The van der Waals surface area contributed by atoms with Crippen LogP contribution in [0.2, 0.25) is 4.34 Å². The van der Waals surface area contributed by atoms with Gasteiger partial charge < -0.3 is 10.6 Å². The average Bonchev–Trinajstić information content (AvgIpc) is 2.83. The van der Waals surface area contributed by atoms with Gasteiger partial charge in [0.1, 0.15) is 0 Å². The zero-order valence-corrected chi connectivity index (χ0v) is 12.8. The lowest BCUT2D eigenvalue weighted by Crippen LogP contribution is -2.16. The Balaban J connectivity index is 2.05. The van der Waals surface area contributed by atoms with Crippen LogP contribution in [0.5, 0.6) is 0 Å². The van der Waals surface area contributed by atoms with Gasteiger partial charge in [0.2, 0.25) is 0 Å². The number of anilines is 1. The van der Waals surface area contributed by atoms with Crippen molar-refractivity contribution in [1.82, 2.24) is 0 Å². The molecule has 0 saturated carbocycles. The van der Waals surface area contributed by atoms with E-state index in [1.54, 1.807) is 11.3 Å². The minimum Gasteiger partial charge on any atom is -0.369 e. The Morgan fingerprint density at radius 1 is 1.21 bits per heavy atom. The third-order valence-electron chi connectivity index (χ3n) is 3.22. The molecule has 0 radical (unpaired) electrons.